The van der Waals surface area contributed by atoms with Crippen LogP contribution in [-0.2, 0) is 0 Å². The number of aromatic amines is 1. The Labute approximate surface area is 78.3 Å². The molecule has 6 heteroatoms. The third-order valence-corrected chi connectivity index (χ3v) is 3.23. The number of carboxylic acids is 1. The molecule has 0 spiro atoms. The smallest absolute Gasteiger partial charge is 0.357 e. The molecule has 0 aliphatic heterocycles. The molecule has 0 atom stereocenters. The molecule has 0 saturated heterocycles. The lowest BCUT2D eigenvalue weighted by atomic mass is 10.5. The summed E-state index contributed by atoms with van der Waals surface area (Å²) in [6.07, 6.45) is 0. The fraction of sp³-hybridized carbons (Fsp3) is 0. The highest BCUT2D eigenvalue weighted by Crippen LogP contribution is 2.18. The van der Waals surface area contributed by atoms with Crippen molar-refractivity contribution in [1.29, 1.82) is 0 Å². The number of aromatic nitrogens is 2. The van der Waals surface area contributed by atoms with E-state index in [0.717, 1.165) is 0 Å². The van der Waals surface area contributed by atoms with Crippen LogP contribution in [-0.4, -0.2) is 21.3 Å². The molecule has 0 fully saturated rings. The predicted octanol–water partition coefficient (Wildman–Crippen LogP) is 1.47. The van der Waals surface area contributed by atoms with Crippen molar-refractivity contribution >= 4 is 44.5 Å². The zero-order valence-electron chi connectivity index (χ0n) is 4.56. The Morgan fingerprint density at radius 2 is 2.40 bits per heavy atom. The largest absolute Gasteiger partial charge is 0.476 e. The van der Waals surface area contributed by atoms with Crippen molar-refractivity contribution in [3.63, 3.8) is 0 Å². The summed E-state index contributed by atoms with van der Waals surface area (Å²) >= 11 is 4.99. The van der Waals surface area contributed by atoms with E-state index in [4.69, 9.17) is 5.11 Å². The Kier molecular flexibility index (Phi) is 2.29. The van der Waals surface area contributed by atoms with E-state index in [-0.39, 0.29) is 5.69 Å². The molecular formula is C4H2BrIN2O2. The number of carboxylic acid groups (broad SMARTS) is 1. The first kappa shape index (κ1) is 7.99. The van der Waals surface area contributed by atoms with Crippen molar-refractivity contribution in [2.75, 3.05) is 0 Å². The second kappa shape index (κ2) is 2.87. The minimum Gasteiger partial charge on any atom is -0.476 e. The number of carbonyl (C=O) groups is 1. The van der Waals surface area contributed by atoms with Gasteiger partial charge in [0.2, 0.25) is 0 Å². The van der Waals surface area contributed by atoms with Crippen LogP contribution in [0.15, 0.2) is 4.60 Å². The van der Waals surface area contributed by atoms with Gasteiger partial charge in [-0.25, -0.2) is 4.79 Å². The molecule has 0 aliphatic carbocycles. The van der Waals surface area contributed by atoms with E-state index in [0.29, 0.717) is 8.17 Å². The molecule has 0 bridgehead atoms. The predicted molar refractivity (Wildman–Crippen MR) is 46.0 cm³/mol. The third kappa shape index (κ3) is 1.31. The lowest BCUT2D eigenvalue weighted by Crippen LogP contribution is -1.98. The maximum Gasteiger partial charge on any atom is 0.357 e. The highest BCUT2D eigenvalue weighted by molar-refractivity contribution is 14.1. The highest BCUT2D eigenvalue weighted by Gasteiger charge is 2.13. The maximum absolute atomic E-state index is 10.3. The number of nitrogens with one attached hydrogen (secondary N) is 1. The summed E-state index contributed by atoms with van der Waals surface area (Å²) < 4.78 is 1.19. The summed E-state index contributed by atoms with van der Waals surface area (Å²) in [5, 5.41) is 14.5. The van der Waals surface area contributed by atoms with Gasteiger partial charge in [-0.1, -0.05) is 0 Å². The standard InChI is InChI=1S/C4H2BrIN2O2/c5-3-1(6)2(4(9)10)7-8-3/h(H,7,8)(H,9,10). The van der Waals surface area contributed by atoms with Gasteiger partial charge < -0.3 is 5.11 Å². The van der Waals surface area contributed by atoms with Crippen molar-refractivity contribution in [1.82, 2.24) is 10.2 Å². The molecule has 1 aromatic rings. The van der Waals surface area contributed by atoms with Gasteiger partial charge >= 0.3 is 5.97 Å². The monoisotopic (exact) mass is 316 g/mol. The molecular weight excluding hydrogens is 315 g/mol. The molecule has 54 valence electrons. The first-order valence-corrected chi connectivity index (χ1v) is 4.12. The molecule has 1 aromatic heterocycles. The lowest BCUT2D eigenvalue weighted by Gasteiger charge is -1.84. The first-order valence-electron chi connectivity index (χ1n) is 2.25. The minimum absolute atomic E-state index is 0.0486. The van der Waals surface area contributed by atoms with Crippen LogP contribution in [0.2, 0.25) is 0 Å². The number of rotatable bonds is 1. The second-order valence-electron chi connectivity index (χ2n) is 1.51. The van der Waals surface area contributed by atoms with Crippen LogP contribution in [0, 0.1) is 3.57 Å². The van der Waals surface area contributed by atoms with Crippen molar-refractivity contribution < 1.29 is 9.90 Å². The van der Waals surface area contributed by atoms with Crippen molar-refractivity contribution in [3.05, 3.63) is 13.9 Å². The molecule has 0 aliphatic rings. The average Bonchev–Trinajstić information content (AvgIpc) is 2.14. The van der Waals surface area contributed by atoms with Crippen LogP contribution in [0.5, 0.6) is 0 Å². The maximum atomic E-state index is 10.3. The number of hydrogen-bond acceptors (Lipinski definition) is 2. The van der Waals surface area contributed by atoms with Gasteiger partial charge in [-0.3, -0.25) is 5.10 Å². The highest BCUT2D eigenvalue weighted by atomic mass is 127. The number of H-pyrrole nitrogens is 1. The lowest BCUT2D eigenvalue weighted by molar-refractivity contribution is 0.0689. The molecule has 10 heavy (non-hydrogen) atoms. The summed E-state index contributed by atoms with van der Waals surface area (Å²) in [7, 11) is 0. The van der Waals surface area contributed by atoms with E-state index in [1.165, 1.54) is 0 Å². The fourth-order valence-corrected chi connectivity index (χ4v) is 1.20. The van der Waals surface area contributed by atoms with Crippen LogP contribution in [0.1, 0.15) is 10.5 Å². The number of nitrogens with zero attached hydrogens (tertiary/aromatic N) is 1. The summed E-state index contributed by atoms with van der Waals surface area (Å²) in [5.74, 6) is -1.02. The number of halogens is 2. The molecule has 1 heterocycles. The van der Waals surface area contributed by atoms with Gasteiger partial charge in [-0.2, -0.15) is 5.10 Å². The Bertz CT molecular complexity index is 272. The minimum atomic E-state index is -1.02. The first-order chi connectivity index (χ1) is 4.63. The van der Waals surface area contributed by atoms with E-state index in [9.17, 15) is 4.79 Å². The Morgan fingerprint density at radius 1 is 1.80 bits per heavy atom. The van der Waals surface area contributed by atoms with Crippen molar-refractivity contribution in [2.24, 2.45) is 0 Å². The van der Waals surface area contributed by atoms with E-state index in [1.54, 1.807) is 0 Å². The van der Waals surface area contributed by atoms with Gasteiger partial charge in [0.1, 0.15) is 4.60 Å². The van der Waals surface area contributed by atoms with Crippen molar-refractivity contribution in [2.45, 2.75) is 0 Å². The average molecular weight is 317 g/mol. The Hall–Kier alpha value is -0.110. The third-order valence-electron chi connectivity index (χ3n) is 0.869. The van der Waals surface area contributed by atoms with Gasteiger partial charge in [0.05, 0.1) is 3.57 Å². The van der Waals surface area contributed by atoms with E-state index in [1.807, 2.05) is 22.6 Å². The quantitative estimate of drug-likeness (QED) is 0.771. The van der Waals surface area contributed by atoms with Crippen LogP contribution in [0.3, 0.4) is 0 Å². The molecule has 0 unspecified atom stereocenters. The van der Waals surface area contributed by atoms with Gasteiger partial charge in [0, 0.05) is 0 Å². The molecule has 4 nitrogen and oxygen atoms in total. The van der Waals surface area contributed by atoms with E-state index in [2.05, 4.69) is 26.1 Å². The van der Waals surface area contributed by atoms with Crippen LogP contribution in [0.4, 0.5) is 0 Å². The zero-order chi connectivity index (χ0) is 7.72. The molecule has 1 rings (SSSR count). The van der Waals surface area contributed by atoms with Crippen LogP contribution < -0.4 is 0 Å². The molecule has 0 saturated carbocycles. The summed E-state index contributed by atoms with van der Waals surface area (Å²) in [6, 6.07) is 0. The Morgan fingerprint density at radius 3 is 2.60 bits per heavy atom. The molecule has 2 N–H and O–H groups in total. The SMILES string of the molecule is O=C(O)c1n[nH]c(Br)c1I. The van der Waals surface area contributed by atoms with E-state index >= 15 is 0 Å². The van der Waals surface area contributed by atoms with Gasteiger partial charge in [-0.15, -0.1) is 0 Å². The fourth-order valence-electron chi connectivity index (χ4n) is 0.449. The summed E-state index contributed by atoms with van der Waals surface area (Å²) in [4.78, 5) is 10.3. The van der Waals surface area contributed by atoms with Crippen molar-refractivity contribution in [3.8, 4) is 0 Å². The second-order valence-corrected chi connectivity index (χ2v) is 3.38. The number of aromatic carboxylic acids is 1. The molecule has 0 radical (unpaired) electrons. The van der Waals surface area contributed by atoms with Gasteiger partial charge in [-0.05, 0) is 38.5 Å². The van der Waals surface area contributed by atoms with Gasteiger partial charge in [0.25, 0.3) is 0 Å². The Balaban J connectivity index is 3.17. The summed E-state index contributed by atoms with van der Waals surface area (Å²) in [5.41, 5.74) is 0.0486. The van der Waals surface area contributed by atoms with Crippen LogP contribution in [0.25, 0.3) is 0 Å². The number of hydrogen-bond donors (Lipinski definition) is 2. The van der Waals surface area contributed by atoms with E-state index < -0.39 is 5.97 Å². The topological polar surface area (TPSA) is 66.0 Å². The van der Waals surface area contributed by atoms with Crippen LogP contribution >= 0.6 is 38.5 Å². The zero-order valence-corrected chi connectivity index (χ0v) is 8.30. The summed E-state index contributed by atoms with van der Waals surface area (Å²) in [6.45, 7) is 0. The molecule has 0 aromatic carbocycles. The molecule has 0 amide bonds. The van der Waals surface area contributed by atoms with Gasteiger partial charge in [0.15, 0.2) is 5.69 Å². The normalized spacial score (nSPS) is 9.80.